The summed E-state index contributed by atoms with van der Waals surface area (Å²) in [6.45, 7) is 14.5. The number of aryl methyl sites for hydroxylation is 1. The first-order valence-electron chi connectivity index (χ1n) is 8.20. The van der Waals surface area contributed by atoms with Gasteiger partial charge >= 0.3 is 0 Å². The van der Waals surface area contributed by atoms with Crippen LogP contribution in [0.4, 0.5) is 0 Å². The molecule has 2 rings (SSSR count). The number of hydrogen-bond donors (Lipinski definition) is 0. The molecule has 1 heterocycles. The summed E-state index contributed by atoms with van der Waals surface area (Å²) in [6.07, 6.45) is 5.62. The number of piperidine rings is 1. The number of allylic oxidation sites excluding steroid dienone is 2. The molecule has 1 aliphatic heterocycles. The molecule has 0 aliphatic carbocycles. The maximum atomic E-state index is 13.2. The van der Waals surface area contributed by atoms with Crippen molar-refractivity contribution in [2.45, 2.75) is 39.7 Å². The third-order valence-corrected chi connectivity index (χ3v) is 4.80. The fourth-order valence-corrected chi connectivity index (χ4v) is 3.19. The van der Waals surface area contributed by atoms with Crippen molar-refractivity contribution in [1.82, 2.24) is 4.90 Å². The van der Waals surface area contributed by atoms with Gasteiger partial charge in [0.25, 0.3) is 5.91 Å². The second-order valence-electron chi connectivity index (χ2n) is 6.38. The van der Waals surface area contributed by atoms with E-state index in [1.165, 1.54) is 6.42 Å². The van der Waals surface area contributed by atoms with Gasteiger partial charge in [0.2, 0.25) is 0 Å². The van der Waals surface area contributed by atoms with Gasteiger partial charge in [0.1, 0.15) is 0 Å². The molecule has 3 nitrogen and oxygen atoms in total. The predicted octanol–water partition coefficient (Wildman–Crippen LogP) is 4.48. The lowest BCUT2D eigenvalue weighted by atomic mass is 9.90. The van der Waals surface area contributed by atoms with E-state index in [1.807, 2.05) is 30.0 Å². The molecule has 0 bridgehead atoms. The summed E-state index contributed by atoms with van der Waals surface area (Å²) in [5, 5.41) is 0. The van der Waals surface area contributed by atoms with E-state index in [9.17, 15) is 4.79 Å². The van der Waals surface area contributed by atoms with Crippen LogP contribution in [0.2, 0.25) is 0 Å². The van der Waals surface area contributed by atoms with Crippen LogP contribution in [0.25, 0.3) is 5.57 Å². The monoisotopic (exact) mass is 310 g/mol. The topological polar surface area (TPSA) is 32.7 Å². The van der Waals surface area contributed by atoms with E-state index < -0.39 is 0 Å². The molecule has 122 valence electrons. The number of amides is 1. The van der Waals surface area contributed by atoms with Gasteiger partial charge in [-0.15, -0.1) is 0 Å². The minimum atomic E-state index is 0.0968. The summed E-state index contributed by atoms with van der Waals surface area (Å²) in [7, 11) is 0. The first-order chi connectivity index (χ1) is 11.0. The van der Waals surface area contributed by atoms with E-state index in [1.54, 1.807) is 12.3 Å². The van der Waals surface area contributed by atoms with E-state index in [2.05, 4.69) is 32.1 Å². The number of carbonyl (C=O) groups excluding carboxylic acids is 1. The van der Waals surface area contributed by atoms with Crippen LogP contribution >= 0.6 is 0 Å². The average molecular weight is 310 g/mol. The van der Waals surface area contributed by atoms with Gasteiger partial charge in [0.15, 0.2) is 0 Å². The zero-order chi connectivity index (χ0) is 17.0. The number of rotatable bonds is 4. The molecule has 0 aromatic heterocycles. The minimum Gasteiger partial charge on any atom is -0.336 e. The standard InChI is InChI=1S/C20H26N2O/c1-6-17(13-21-5)18-10-9-14(2)12-19(18)20(23)22-11-7-8-15(3)16(22)4/h6,9-10,12-13,15-16H,1,5,7-8,11H2,2-4H3. The van der Waals surface area contributed by atoms with Crippen molar-refractivity contribution < 1.29 is 4.79 Å². The molecule has 1 aromatic rings. The number of hydrogen-bond acceptors (Lipinski definition) is 2. The summed E-state index contributed by atoms with van der Waals surface area (Å²) in [5.74, 6) is 0.629. The molecule has 0 saturated carbocycles. The number of benzene rings is 1. The second kappa shape index (κ2) is 7.40. The van der Waals surface area contributed by atoms with Gasteiger partial charge in [-0.3, -0.25) is 9.79 Å². The molecule has 1 saturated heterocycles. The van der Waals surface area contributed by atoms with Crippen molar-refractivity contribution in [1.29, 1.82) is 0 Å². The van der Waals surface area contributed by atoms with Crippen molar-refractivity contribution in [2.24, 2.45) is 10.9 Å². The van der Waals surface area contributed by atoms with Crippen LogP contribution < -0.4 is 0 Å². The van der Waals surface area contributed by atoms with Crippen LogP contribution in [0.5, 0.6) is 0 Å². The van der Waals surface area contributed by atoms with Gasteiger partial charge < -0.3 is 4.90 Å². The molecule has 0 radical (unpaired) electrons. The van der Waals surface area contributed by atoms with E-state index in [0.29, 0.717) is 5.92 Å². The normalized spacial score (nSPS) is 21.9. The zero-order valence-electron chi connectivity index (χ0n) is 14.4. The van der Waals surface area contributed by atoms with Crippen molar-refractivity contribution in [3.05, 3.63) is 53.7 Å². The second-order valence-corrected chi connectivity index (χ2v) is 6.38. The van der Waals surface area contributed by atoms with Gasteiger partial charge in [-0.25, -0.2) is 0 Å². The third kappa shape index (κ3) is 3.61. The van der Waals surface area contributed by atoms with E-state index in [4.69, 9.17) is 0 Å². The molecule has 3 heteroatoms. The molecular formula is C20H26N2O. The largest absolute Gasteiger partial charge is 0.336 e. The lowest BCUT2D eigenvalue weighted by Crippen LogP contribution is -2.46. The fraction of sp³-hybridized carbons (Fsp3) is 0.400. The minimum absolute atomic E-state index is 0.0968. The van der Waals surface area contributed by atoms with Gasteiger partial charge in [-0.2, -0.15) is 0 Å². The van der Waals surface area contributed by atoms with Gasteiger partial charge in [0.05, 0.1) is 0 Å². The Bertz CT molecular complexity index is 645. The van der Waals surface area contributed by atoms with E-state index in [0.717, 1.165) is 35.2 Å². The third-order valence-electron chi connectivity index (χ3n) is 4.80. The van der Waals surface area contributed by atoms with E-state index in [-0.39, 0.29) is 11.9 Å². The SMILES string of the molecule is C=CC(=CN=C)c1ccc(C)cc1C(=O)N1CCCC(C)C1C. The molecule has 2 unspecified atom stereocenters. The maximum absolute atomic E-state index is 13.2. The first-order valence-corrected chi connectivity index (χ1v) is 8.20. The Morgan fingerprint density at radius 1 is 1.35 bits per heavy atom. The Labute approximate surface area is 139 Å². The van der Waals surface area contributed by atoms with Crippen LogP contribution in [0, 0.1) is 12.8 Å². The van der Waals surface area contributed by atoms with Crippen LogP contribution in [0.1, 0.15) is 48.2 Å². The highest BCUT2D eigenvalue weighted by Gasteiger charge is 2.30. The lowest BCUT2D eigenvalue weighted by Gasteiger charge is -2.38. The van der Waals surface area contributed by atoms with Gasteiger partial charge in [0, 0.05) is 29.9 Å². The molecule has 0 spiro atoms. The Balaban J connectivity index is 2.47. The molecule has 1 aromatic carbocycles. The number of nitrogens with zero attached hydrogens (tertiary/aromatic N) is 2. The van der Waals surface area contributed by atoms with Crippen molar-refractivity contribution in [3.63, 3.8) is 0 Å². The van der Waals surface area contributed by atoms with Crippen LogP contribution in [-0.2, 0) is 0 Å². The summed E-state index contributed by atoms with van der Waals surface area (Å²) >= 11 is 0. The average Bonchev–Trinajstić information content (AvgIpc) is 2.55. The predicted molar refractivity (Wildman–Crippen MR) is 97.8 cm³/mol. The number of aliphatic imine (C=N–C) groups is 1. The lowest BCUT2D eigenvalue weighted by molar-refractivity contribution is 0.0550. The summed E-state index contributed by atoms with van der Waals surface area (Å²) in [4.78, 5) is 19.0. The Morgan fingerprint density at radius 2 is 2.09 bits per heavy atom. The molecule has 23 heavy (non-hydrogen) atoms. The number of likely N-dealkylation sites (tertiary alicyclic amines) is 1. The summed E-state index contributed by atoms with van der Waals surface area (Å²) in [5.41, 5.74) is 3.49. The number of carbonyl (C=O) groups is 1. The first kappa shape index (κ1) is 17.2. The van der Waals surface area contributed by atoms with Crippen LogP contribution in [-0.4, -0.2) is 30.1 Å². The van der Waals surface area contributed by atoms with Gasteiger partial charge in [-0.1, -0.05) is 37.3 Å². The quantitative estimate of drug-likeness (QED) is 0.596. The Kier molecular flexibility index (Phi) is 5.54. The smallest absolute Gasteiger partial charge is 0.254 e. The highest BCUT2D eigenvalue weighted by atomic mass is 16.2. The van der Waals surface area contributed by atoms with Crippen LogP contribution in [0.15, 0.2) is 42.0 Å². The molecule has 2 atom stereocenters. The molecule has 1 fully saturated rings. The van der Waals surface area contributed by atoms with E-state index >= 15 is 0 Å². The fourth-order valence-electron chi connectivity index (χ4n) is 3.19. The highest BCUT2D eigenvalue weighted by Crippen LogP contribution is 2.28. The molecule has 1 amide bonds. The molecule has 0 N–H and O–H groups in total. The maximum Gasteiger partial charge on any atom is 0.254 e. The van der Waals surface area contributed by atoms with Crippen molar-refractivity contribution in [3.8, 4) is 0 Å². The van der Waals surface area contributed by atoms with Crippen molar-refractivity contribution in [2.75, 3.05) is 6.54 Å². The van der Waals surface area contributed by atoms with Crippen LogP contribution in [0.3, 0.4) is 0 Å². The zero-order valence-corrected chi connectivity index (χ0v) is 14.4. The highest BCUT2D eigenvalue weighted by molar-refractivity contribution is 6.00. The molecular weight excluding hydrogens is 284 g/mol. The Morgan fingerprint density at radius 3 is 2.74 bits per heavy atom. The summed E-state index contributed by atoms with van der Waals surface area (Å²) in [6, 6.07) is 6.20. The van der Waals surface area contributed by atoms with Crippen molar-refractivity contribution >= 4 is 18.2 Å². The summed E-state index contributed by atoms with van der Waals surface area (Å²) < 4.78 is 0. The van der Waals surface area contributed by atoms with Gasteiger partial charge in [-0.05, 0) is 51.0 Å². The molecule has 1 aliphatic rings. The Hall–Kier alpha value is -2.16.